The third kappa shape index (κ3) is 3.11. The highest BCUT2D eigenvalue weighted by Crippen LogP contribution is 2.33. The van der Waals surface area contributed by atoms with Gasteiger partial charge in [0.05, 0.1) is 18.2 Å². The lowest BCUT2D eigenvalue weighted by Gasteiger charge is -2.22. The number of nitrogens with two attached hydrogens (primary N) is 1. The number of nitrogens with zero attached hydrogens (tertiary/aromatic N) is 2. The van der Waals surface area contributed by atoms with Crippen LogP contribution < -0.4 is 5.73 Å². The predicted molar refractivity (Wildman–Crippen MR) is 100 cm³/mol. The Bertz CT molecular complexity index is 945. The Morgan fingerprint density at radius 1 is 1.24 bits per heavy atom. The minimum absolute atomic E-state index is 0.536. The van der Waals surface area contributed by atoms with E-state index in [1.165, 1.54) is 6.42 Å². The summed E-state index contributed by atoms with van der Waals surface area (Å²) in [5.41, 5.74) is 10.8. The van der Waals surface area contributed by atoms with Gasteiger partial charge in [0.15, 0.2) is 0 Å². The van der Waals surface area contributed by atoms with Crippen molar-refractivity contribution in [3.05, 3.63) is 54.2 Å². The molecule has 0 radical (unpaired) electrons. The third-order valence-corrected chi connectivity index (χ3v) is 4.92. The first-order chi connectivity index (χ1) is 12.2. The van der Waals surface area contributed by atoms with Crippen LogP contribution in [0.2, 0.25) is 0 Å². The number of aromatic nitrogens is 1. The van der Waals surface area contributed by atoms with Crippen LogP contribution in [0.3, 0.4) is 0 Å². The van der Waals surface area contributed by atoms with Gasteiger partial charge < -0.3 is 15.0 Å². The maximum absolute atomic E-state index is 9.28. The van der Waals surface area contributed by atoms with Crippen LogP contribution in [0, 0.1) is 17.2 Å². The number of benzene rings is 2. The van der Waals surface area contributed by atoms with Gasteiger partial charge in [0, 0.05) is 47.4 Å². The van der Waals surface area contributed by atoms with Gasteiger partial charge in [-0.05, 0) is 48.7 Å². The van der Waals surface area contributed by atoms with E-state index in [0.717, 1.165) is 53.9 Å². The van der Waals surface area contributed by atoms with Crippen molar-refractivity contribution in [2.75, 3.05) is 18.9 Å². The summed E-state index contributed by atoms with van der Waals surface area (Å²) in [4.78, 5) is 0. The van der Waals surface area contributed by atoms with E-state index < -0.39 is 0 Å². The summed E-state index contributed by atoms with van der Waals surface area (Å²) in [7, 11) is 0. The zero-order valence-corrected chi connectivity index (χ0v) is 14.1. The van der Waals surface area contributed by atoms with Crippen LogP contribution in [0.25, 0.3) is 22.0 Å². The molecule has 2 aromatic carbocycles. The normalized spacial score (nSPS) is 17.5. The van der Waals surface area contributed by atoms with Gasteiger partial charge in [-0.2, -0.15) is 5.26 Å². The highest BCUT2D eigenvalue weighted by molar-refractivity contribution is 5.97. The second kappa shape index (κ2) is 6.62. The summed E-state index contributed by atoms with van der Waals surface area (Å²) >= 11 is 0. The first kappa shape index (κ1) is 15.7. The largest absolute Gasteiger partial charge is 0.399 e. The Morgan fingerprint density at radius 2 is 2.16 bits per heavy atom. The predicted octanol–water partition coefficient (Wildman–Crippen LogP) is 4.19. The van der Waals surface area contributed by atoms with E-state index in [0.29, 0.717) is 11.5 Å². The molecule has 0 aliphatic carbocycles. The van der Waals surface area contributed by atoms with Crippen molar-refractivity contribution >= 4 is 16.6 Å². The quantitative estimate of drug-likeness (QED) is 0.732. The molecule has 4 nitrogen and oxygen atoms in total. The van der Waals surface area contributed by atoms with E-state index in [1.807, 2.05) is 36.4 Å². The third-order valence-electron chi connectivity index (χ3n) is 4.92. The molecule has 126 valence electrons. The minimum atomic E-state index is 0.536. The molecule has 1 aliphatic heterocycles. The summed E-state index contributed by atoms with van der Waals surface area (Å²) in [5, 5.41) is 10.4. The maximum Gasteiger partial charge on any atom is 0.0991 e. The van der Waals surface area contributed by atoms with Gasteiger partial charge in [0.25, 0.3) is 0 Å². The van der Waals surface area contributed by atoms with Gasteiger partial charge in [-0.3, -0.25) is 0 Å². The Balaban J connectivity index is 1.82. The molecule has 25 heavy (non-hydrogen) atoms. The van der Waals surface area contributed by atoms with Crippen molar-refractivity contribution in [2.45, 2.75) is 19.4 Å². The first-order valence-corrected chi connectivity index (χ1v) is 8.71. The summed E-state index contributed by atoms with van der Waals surface area (Å²) < 4.78 is 7.94. The van der Waals surface area contributed by atoms with Crippen LogP contribution in [-0.2, 0) is 11.3 Å². The summed E-state index contributed by atoms with van der Waals surface area (Å²) in [6.07, 6.45) is 4.52. The number of nitriles is 1. The Labute approximate surface area is 147 Å². The lowest BCUT2D eigenvalue weighted by Crippen LogP contribution is -2.21. The average Bonchev–Trinajstić information content (AvgIpc) is 3.00. The lowest BCUT2D eigenvalue weighted by atomic mass is 10.0. The van der Waals surface area contributed by atoms with Gasteiger partial charge in [0.2, 0.25) is 0 Å². The molecular weight excluding hydrogens is 310 g/mol. The number of ether oxygens (including phenoxy) is 1. The molecule has 1 atom stereocenters. The molecule has 0 saturated carbocycles. The SMILES string of the molecule is N#Cc1ccc2c(c1)c(-c1cccc(N)c1)cn2CC1CCCOC1. The second-order valence-corrected chi connectivity index (χ2v) is 6.75. The molecule has 3 aromatic rings. The van der Waals surface area contributed by atoms with Crippen LogP contribution in [0.1, 0.15) is 18.4 Å². The van der Waals surface area contributed by atoms with E-state index in [-0.39, 0.29) is 0 Å². The summed E-state index contributed by atoms with van der Waals surface area (Å²) in [6.45, 7) is 2.64. The molecule has 4 heteroatoms. The number of anilines is 1. The molecule has 0 bridgehead atoms. The van der Waals surface area contributed by atoms with E-state index in [2.05, 4.69) is 22.9 Å². The molecule has 2 heterocycles. The van der Waals surface area contributed by atoms with Crippen molar-refractivity contribution in [3.8, 4) is 17.2 Å². The molecular formula is C21H21N3O. The molecule has 1 fully saturated rings. The topological polar surface area (TPSA) is 64.0 Å². The van der Waals surface area contributed by atoms with Gasteiger partial charge in [-0.15, -0.1) is 0 Å². The van der Waals surface area contributed by atoms with Crippen LogP contribution in [-0.4, -0.2) is 17.8 Å². The zero-order valence-electron chi connectivity index (χ0n) is 14.1. The molecule has 1 saturated heterocycles. The molecule has 0 spiro atoms. The van der Waals surface area contributed by atoms with Gasteiger partial charge in [-0.1, -0.05) is 12.1 Å². The fourth-order valence-corrected chi connectivity index (χ4v) is 3.68. The molecule has 2 N–H and O–H groups in total. The van der Waals surface area contributed by atoms with Crippen molar-refractivity contribution in [2.24, 2.45) is 5.92 Å². The average molecular weight is 331 g/mol. The highest BCUT2D eigenvalue weighted by atomic mass is 16.5. The van der Waals surface area contributed by atoms with E-state index in [9.17, 15) is 5.26 Å². The lowest BCUT2D eigenvalue weighted by molar-refractivity contribution is 0.0488. The summed E-state index contributed by atoms with van der Waals surface area (Å²) in [5.74, 6) is 0.536. The minimum Gasteiger partial charge on any atom is -0.399 e. The number of fused-ring (bicyclic) bond motifs is 1. The van der Waals surface area contributed by atoms with E-state index >= 15 is 0 Å². The van der Waals surface area contributed by atoms with Crippen LogP contribution in [0.4, 0.5) is 5.69 Å². The highest BCUT2D eigenvalue weighted by Gasteiger charge is 2.17. The Hall–Kier alpha value is -2.77. The van der Waals surface area contributed by atoms with Gasteiger partial charge >= 0.3 is 0 Å². The zero-order chi connectivity index (χ0) is 17.2. The molecule has 0 amide bonds. The Kier molecular flexibility index (Phi) is 4.17. The van der Waals surface area contributed by atoms with Crippen molar-refractivity contribution in [3.63, 3.8) is 0 Å². The smallest absolute Gasteiger partial charge is 0.0991 e. The fourth-order valence-electron chi connectivity index (χ4n) is 3.68. The van der Waals surface area contributed by atoms with Crippen LogP contribution in [0.5, 0.6) is 0 Å². The second-order valence-electron chi connectivity index (χ2n) is 6.75. The fraction of sp³-hybridized carbons (Fsp3) is 0.286. The molecule has 1 aromatic heterocycles. The van der Waals surface area contributed by atoms with Crippen molar-refractivity contribution < 1.29 is 4.74 Å². The van der Waals surface area contributed by atoms with Gasteiger partial charge in [0.1, 0.15) is 0 Å². The van der Waals surface area contributed by atoms with Crippen molar-refractivity contribution in [1.82, 2.24) is 4.57 Å². The molecule has 4 rings (SSSR count). The number of hydrogen-bond acceptors (Lipinski definition) is 3. The maximum atomic E-state index is 9.28. The Morgan fingerprint density at radius 3 is 2.92 bits per heavy atom. The van der Waals surface area contributed by atoms with Crippen LogP contribution >= 0.6 is 0 Å². The van der Waals surface area contributed by atoms with Crippen LogP contribution in [0.15, 0.2) is 48.7 Å². The van der Waals surface area contributed by atoms with E-state index in [1.54, 1.807) is 0 Å². The number of nitrogen functional groups attached to an aromatic ring is 1. The summed E-state index contributed by atoms with van der Waals surface area (Å²) in [6, 6.07) is 16.1. The van der Waals surface area contributed by atoms with Gasteiger partial charge in [-0.25, -0.2) is 0 Å². The van der Waals surface area contributed by atoms with Crippen molar-refractivity contribution in [1.29, 1.82) is 5.26 Å². The monoisotopic (exact) mass is 331 g/mol. The molecule has 1 unspecified atom stereocenters. The standard InChI is InChI=1S/C21H21N3O/c22-11-15-6-7-21-19(9-15)20(17-4-1-5-18(23)10-17)13-24(21)12-16-3-2-8-25-14-16/h1,4-7,9-10,13,16H,2-3,8,12,14,23H2. The molecule has 1 aliphatic rings. The van der Waals surface area contributed by atoms with E-state index in [4.69, 9.17) is 10.5 Å². The number of rotatable bonds is 3. The number of hydrogen-bond donors (Lipinski definition) is 1. The first-order valence-electron chi connectivity index (χ1n) is 8.71.